The van der Waals surface area contributed by atoms with Gasteiger partial charge >= 0.3 is 0 Å². The lowest BCUT2D eigenvalue weighted by molar-refractivity contribution is 0.174. The van der Waals surface area contributed by atoms with Gasteiger partial charge < -0.3 is 9.47 Å². The summed E-state index contributed by atoms with van der Waals surface area (Å²) in [5.41, 5.74) is 2.71. The molecule has 94 valence electrons. The second-order valence-corrected chi connectivity index (χ2v) is 4.94. The van der Waals surface area contributed by atoms with Crippen molar-refractivity contribution in [3.63, 3.8) is 0 Å². The van der Waals surface area contributed by atoms with Crippen molar-refractivity contribution in [1.82, 2.24) is 0 Å². The number of allylic oxidation sites excluding steroid dienone is 3. The molecule has 0 amide bonds. The second-order valence-electron chi connectivity index (χ2n) is 4.94. The SMILES string of the molecule is C=CCC1C=C(c2ccc3c(c2)OCO3)CCC1. The lowest BCUT2D eigenvalue weighted by Crippen LogP contribution is -2.03. The fourth-order valence-electron chi connectivity index (χ4n) is 2.74. The molecule has 3 rings (SSSR count). The zero-order valence-electron chi connectivity index (χ0n) is 10.5. The van der Waals surface area contributed by atoms with Gasteiger partial charge in [-0.15, -0.1) is 6.58 Å². The first-order valence-corrected chi connectivity index (χ1v) is 6.58. The van der Waals surface area contributed by atoms with Gasteiger partial charge in [-0.3, -0.25) is 0 Å². The van der Waals surface area contributed by atoms with Gasteiger partial charge in [0.05, 0.1) is 0 Å². The zero-order valence-corrected chi connectivity index (χ0v) is 10.5. The molecular weight excluding hydrogens is 224 g/mol. The smallest absolute Gasteiger partial charge is 0.231 e. The molecule has 2 heteroatoms. The third kappa shape index (κ3) is 2.15. The van der Waals surface area contributed by atoms with Crippen LogP contribution in [-0.4, -0.2) is 6.79 Å². The van der Waals surface area contributed by atoms with E-state index in [1.54, 1.807) is 0 Å². The highest BCUT2D eigenvalue weighted by Crippen LogP contribution is 2.37. The topological polar surface area (TPSA) is 18.5 Å². The van der Waals surface area contributed by atoms with E-state index >= 15 is 0 Å². The summed E-state index contributed by atoms with van der Waals surface area (Å²) < 4.78 is 10.8. The van der Waals surface area contributed by atoms with Crippen molar-refractivity contribution in [3.8, 4) is 11.5 Å². The molecule has 2 aliphatic rings. The predicted molar refractivity (Wildman–Crippen MR) is 72.7 cm³/mol. The van der Waals surface area contributed by atoms with Crippen LogP contribution in [0.4, 0.5) is 0 Å². The molecule has 1 heterocycles. The Morgan fingerprint density at radius 2 is 2.17 bits per heavy atom. The van der Waals surface area contributed by atoms with E-state index in [4.69, 9.17) is 9.47 Å². The van der Waals surface area contributed by atoms with Crippen LogP contribution in [0.5, 0.6) is 11.5 Å². The van der Waals surface area contributed by atoms with Crippen LogP contribution >= 0.6 is 0 Å². The number of benzene rings is 1. The van der Waals surface area contributed by atoms with Crippen LogP contribution in [0.25, 0.3) is 5.57 Å². The average molecular weight is 242 g/mol. The van der Waals surface area contributed by atoms with Crippen LogP contribution in [0.15, 0.2) is 36.9 Å². The predicted octanol–water partition coefficient (Wildman–Crippen LogP) is 4.17. The summed E-state index contributed by atoms with van der Waals surface area (Å²) in [6, 6.07) is 6.25. The molecule has 0 saturated heterocycles. The molecular formula is C16H18O2. The first-order chi connectivity index (χ1) is 8.86. The lowest BCUT2D eigenvalue weighted by Gasteiger charge is -2.20. The van der Waals surface area contributed by atoms with Crippen LogP contribution in [0.1, 0.15) is 31.2 Å². The number of rotatable bonds is 3. The van der Waals surface area contributed by atoms with Crippen molar-refractivity contribution in [2.24, 2.45) is 5.92 Å². The first-order valence-electron chi connectivity index (χ1n) is 6.58. The fraction of sp³-hybridized carbons (Fsp3) is 0.375. The van der Waals surface area contributed by atoms with Gasteiger partial charge in [0.25, 0.3) is 0 Å². The summed E-state index contributed by atoms with van der Waals surface area (Å²) in [6.45, 7) is 4.18. The maximum Gasteiger partial charge on any atom is 0.231 e. The van der Waals surface area contributed by atoms with Crippen LogP contribution < -0.4 is 9.47 Å². The van der Waals surface area contributed by atoms with E-state index in [1.165, 1.54) is 24.0 Å². The van der Waals surface area contributed by atoms with Crippen molar-refractivity contribution in [1.29, 1.82) is 0 Å². The molecule has 0 N–H and O–H groups in total. The fourth-order valence-corrected chi connectivity index (χ4v) is 2.74. The van der Waals surface area contributed by atoms with E-state index in [-0.39, 0.29) is 0 Å². The summed E-state index contributed by atoms with van der Waals surface area (Å²) in [6.07, 6.45) is 9.20. The van der Waals surface area contributed by atoms with E-state index in [0.717, 1.165) is 24.3 Å². The van der Waals surface area contributed by atoms with E-state index in [0.29, 0.717) is 12.7 Å². The van der Waals surface area contributed by atoms with Crippen molar-refractivity contribution < 1.29 is 9.47 Å². The van der Waals surface area contributed by atoms with Gasteiger partial charge in [0.1, 0.15) is 0 Å². The van der Waals surface area contributed by atoms with Gasteiger partial charge in [-0.1, -0.05) is 18.2 Å². The number of ether oxygens (including phenoxy) is 2. The Bertz CT molecular complexity index is 488. The van der Waals surface area contributed by atoms with Crippen LogP contribution in [0, 0.1) is 5.92 Å². The molecule has 18 heavy (non-hydrogen) atoms. The lowest BCUT2D eigenvalue weighted by atomic mass is 9.85. The number of hydrogen-bond acceptors (Lipinski definition) is 2. The summed E-state index contributed by atoms with van der Waals surface area (Å²) >= 11 is 0. The van der Waals surface area contributed by atoms with Crippen molar-refractivity contribution >= 4 is 5.57 Å². The second kappa shape index (κ2) is 4.89. The Hall–Kier alpha value is -1.70. The highest BCUT2D eigenvalue weighted by molar-refractivity contribution is 5.69. The standard InChI is InChI=1S/C16H18O2/c1-2-4-12-5-3-6-13(9-12)14-7-8-15-16(10-14)18-11-17-15/h2,7-10,12H,1,3-6,11H2. The Kier molecular flexibility index (Phi) is 3.09. The molecule has 2 nitrogen and oxygen atoms in total. The quantitative estimate of drug-likeness (QED) is 0.740. The minimum Gasteiger partial charge on any atom is -0.454 e. The molecule has 0 spiro atoms. The number of fused-ring (bicyclic) bond motifs is 1. The van der Waals surface area contributed by atoms with Gasteiger partial charge in [0.15, 0.2) is 11.5 Å². The van der Waals surface area contributed by atoms with Gasteiger partial charge in [0.2, 0.25) is 6.79 Å². The molecule has 1 aromatic rings. The molecule has 1 unspecified atom stereocenters. The van der Waals surface area contributed by atoms with Crippen molar-refractivity contribution in [2.45, 2.75) is 25.7 Å². The van der Waals surface area contributed by atoms with Gasteiger partial charge in [0, 0.05) is 0 Å². The average Bonchev–Trinajstić information content (AvgIpc) is 2.86. The highest BCUT2D eigenvalue weighted by Gasteiger charge is 2.17. The van der Waals surface area contributed by atoms with Crippen molar-refractivity contribution in [3.05, 3.63) is 42.5 Å². The Morgan fingerprint density at radius 3 is 3.06 bits per heavy atom. The van der Waals surface area contributed by atoms with E-state index < -0.39 is 0 Å². The highest BCUT2D eigenvalue weighted by atomic mass is 16.7. The first kappa shape index (κ1) is 11.4. The molecule has 1 aliphatic heterocycles. The van der Waals surface area contributed by atoms with Crippen LogP contribution in [0.2, 0.25) is 0 Å². The summed E-state index contributed by atoms with van der Waals surface area (Å²) in [4.78, 5) is 0. The Labute approximate surface area is 108 Å². The molecule has 1 aromatic carbocycles. The van der Waals surface area contributed by atoms with Crippen LogP contribution in [0.3, 0.4) is 0 Å². The molecule has 0 aromatic heterocycles. The largest absolute Gasteiger partial charge is 0.454 e. The Balaban J connectivity index is 1.87. The summed E-state index contributed by atoms with van der Waals surface area (Å²) in [5.74, 6) is 2.38. The van der Waals surface area contributed by atoms with E-state index in [9.17, 15) is 0 Å². The zero-order chi connectivity index (χ0) is 12.4. The minimum absolute atomic E-state index is 0.344. The summed E-state index contributed by atoms with van der Waals surface area (Å²) in [5, 5.41) is 0. The monoisotopic (exact) mass is 242 g/mol. The van der Waals surface area contributed by atoms with E-state index in [2.05, 4.69) is 24.8 Å². The van der Waals surface area contributed by atoms with Gasteiger partial charge in [-0.2, -0.15) is 0 Å². The molecule has 1 atom stereocenters. The molecule has 0 fully saturated rings. The summed E-state index contributed by atoms with van der Waals surface area (Å²) in [7, 11) is 0. The molecule has 1 aliphatic carbocycles. The molecule has 0 saturated carbocycles. The molecule has 0 radical (unpaired) electrons. The third-order valence-electron chi connectivity index (χ3n) is 3.67. The minimum atomic E-state index is 0.344. The van der Waals surface area contributed by atoms with E-state index in [1.807, 2.05) is 12.1 Å². The van der Waals surface area contributed by atoms with Crippen molar-refractivity contribution in [2.75, 3.05) is 6.79 Å². The van der Waals surface area contributed by atoms with Gasteiger partial charge in [-0.05, 0) is 54.9 Å². The Morgan fingerprint density at radius 1 is 1.28 bits per heavy atom. The maximum atomic E-state index is 5.44. The number of hydrogen-bond donors (Lipinski definition) is 0. The molecule has 0 bridgehead atoms. The maximum absolute atomic E-state index is 5.44. The normalized spacial score (nSPS) is 21.6. The third-order valence-corrected chi connectivity index (χ3v) is 3.67. The van der Waals surface area contributed by atoms with Crippen LogP contribution in [-0.2, 0) is 0 Å². The van der Waals surface area contributed by atoms with Gasteiger partial charge in [-0.25, -0.2) is 0 Å².